The molecule has 7 heteroatoms. The minimum absolute atomic E-state index is 0.291. The van der Waals surface area contributed by atoms with E-state index in [-0.39, 0.29) is 5.91 Å². The van der Waals surface area contributed by atoms with Crippen molar-refractivity contribution in [1.82, 2.24) is 14.9 Å². The normalized spacial score (nSPS) is 13.8. The molecule has 0 bridgehead atoms. The number of hydrogen-bond donors (Lipinski definition) is 1. The van der Waals surface area contributed by atoms with E-state index in [0.717, 1.165) is 23.6 Å². The number of carbonyl (C=O) groups is 1. The van der Waals surface area contributed by atoms with E-state index in [1.54, 1.807) is 0 Å². The number of ether oxygens (including phenoxy) is 1. The first-order valence-electron chi connectivity index (χ1n) is 13.8. The quantitative estimate of drug-likeness (QED) is 0.185. The van der Waals surface area contributed by atoms with Gasteiger partial charge in [-0.2, -0.15) is 0 Å². The van der Waals surface area contributed by atoms with E-state index in [2.05, 4.69) is 65.4 Å². The fourth-order valence-corrected chi connectivity index (χ4v) is 4.45. The fourth-order valence-electron chi connectivity index (χ4n) is 4.33. The number of nitrogens with zero attached hydrogens (tertiary/aromatic N) is 3. The third-order valence-electron chi connectivity index (χ3n) is 6.77. The molecule has 210 valence electrons. The maximum Gasteiger partial charge on any atom is 0.242 e. The molecule has 1 amide bonds. The zero-order valence-electron chi connectivity index (χ0n) is 23.3. The molecule has 6 nitrogen and oxygen atoms in total. The summed E-state index contributed by atoms with van der Waals surface area (Å²) in [5, 5.41) is 10.8. The molecular weight excluding hydrogens is 510 g/mol. The highest BCUT2D eigenvalue weighted by atomic mass is 35.5. The van der Waals surface area contributed by atoms with Crippen LogP contribution in [0.1, 0.15) is 36.5 Å². The summed E-state index contributed by atoms with van der Waals surface area (Å²) in [7, 11) is 2.18. The van der Waals surface area contributed by atoms with Gasteiger partial charge >= 0.3 is 0 Å². The van der Waals surface area contributed by atoms with Crippen molar-refractivity contribution in [3.8, 4) is 5.75 Å². The van der Waals surface area contributed by atoms with Gasteiger partial charge in [0.1, 0.15) is 5.75 Å². The fraction of sp³-hybridized carbons (Fsp3) is 0.406. The highest BCUT2D eigenvalue weighted by Crippen LogP contribution is 2.15. The topological polar surface area (TPSA) is 56.3 Å². The first-order chi connectivity index (χ1) is 18.9. The van der Waals surface area contributed by atoms with Crippen LogP contribution in [0.15, 0.2) is 78.9 Å². The number of rotatable bonds is 11. The lowest BCUT2D eigenvalue weighted by atomic mass is 10.1. The maximum atomic E-state index is 10.9. The number of hydrogen-bond acceptors (Lipinski definition) is 5. The molecule has 1 fully saturated rings. The van der Waals surface area contributed by atoms with Crippen LogP contribution in [0.3, 0.4) is 0 Å². The van der Waals surface area contributed by atoms with E-state index >= 15 is 0 Å². The Morgan fingerprint density at radius 1 is 0.872 bits per heavy atom. The lowest BCUT2D eigenvalue weighted by molar-refractivity contribution is -0.163. The molecule has 39 heavy (non-hydrogen) atoms. The molecule has 1 aliphatic rings. The van der Waals surface area contributed by atoms with Crippen molar-refractivity contribution in [2.75, 3.05) is 52.9 Å². The van der Waals surface area contributed by atoms with Gasteiger partial charge in [-0.3, -0.25) is 10.0 Å². The van der Waals surface area contributed by atoms with Gasteiger partial charge in [0.2, 0.25) is 5.91 Å². The van der Waals surface area contributed by atoms with Crippen LogP contribution in [0.5, 0.6) is 5.75 Å². The molecule has 0 aliphatic carbocycles. The van der Waals surface area contributed by atoms with Gasteiger partial charge in [0, 0.05) is 44.5 Å². The number of carbonyl (C=O) groups excluding carboxylic acids is 1. The largest absolute Gasteiger partial charge is 0.494 e. The van der Waals surface area contributed by atoms with Gasteiger partial charge in [-0.05, 0) is 73.8 Å². The molecule has 1 saturated heterocycles. The number of piperazine rings is 1. The van der Waals surface area contributed by atoms with Crippen molar-refractivity contribution in [2.24, 2.45) is 0 Å². The zero-order chi connectivity index (χ0) is 27.9. The van der Waals surface area contributed by atoms with Crippen LogP contribution in [0.4, 0.5) is 0 Å². The lowest BCUT2D eigenvalue weighted by Gasteiger charge is -2.32. The molecule has 1 heterocycles. The second-order valence-corrected chi connectivity index (χ2v) is 10.5. The van der Waals surface area contributed by atoms with Crippen LogP contribution in [0.2, 0.25) is 5.02 Å². The van der Waals surface area contributed by atoms with Crippen LogP contribution < -0.4 is 4.74 Å². The molecule has 1 aliphatic heterocycles. The minimum Gasteiger partial charge on any atom is -0.494 e. The van der Waals surface area contributed by atoms with Crippen molar-refractivity contribution >= 4 is 17.5 Å². The Labute approximate surface area is 238 Å². The Balaban J connectivity index is 0.000000252. The summed E-state index contributed by atoms with van der Waals surface area (Å²) in [6, 6.07) is 26.6. The molecule has 1 N–H and O–H groups in total. The molecule has 3 aromatic rings. The third-order valence-corrected chi connectivity index (χ3v) is 7.02. The monoisotopic (exact) mass is 551 g/mol. The summed E-state index contributed by atoms with van der Waals surface area (Å²) in [5.74, 6) is 0.482. The summed E-state index contributed by atoms with van der Waals surface area (Å²) in [5.41, 5.74) is 3.95. The zero-order valence-corrected chi connectivity index (χ0v) is 24.0. The predicted octanol–water partition coefficient (Wildman–Crippen LogP) is 5.80. The molecule has 0 atom stereocenters. The Morgan fingerprint density at radius 3 is 2.13 bits per heavy atom. The average Bonchev–Trinajstić information content (AvgIpc) is 2.95. The van der Waals surface area contributed by atoms with Gasteiger partial charge in [0.15, 0.2) is 0 Å². The smallest absolute Gasteiger partial charge is 0.242 e. The van der Waals surface area contributed by atoms with Crippen molar-refractivity contribution in [3.63, 3.8) is 0 Å². The van der Waals surface area contributed by atoms with E-state index in [1.165, 1.54) is 62.8 Å². The number of amides is 1. The van der Waals surface area contributed by atoms with Crippen molar-refractivity contribution in [3.05, 3.63) is 101 Å². The van der Waals surface area contributed by atoms with Gasteiger partial charge in [0.05, 0.1) is 13.2 Å². The van der Waals surface area contributed by atoms with Crippen molar-refractivity contribution < 1.29 is 14.7 Å². The molecule has 0 radical (unpaired) electrons. The maximum absolute atomic E-state index is 10.9. The van der Waals surface area contributed by atoms with Crippen LogP contribution in [-0.4, -0.2) is 78.9 Å². The molecule has 0 unspecified atom stereocenters. The molecule has 3 aromatic carbocycles. The first kappa shape index (κ1) is 30.6. The standard InChI is InChI=1S/C19H31N3O3.C13H11Cl/c1-17(23)22(24)11-4-16-25-19-8-6-18(7-9-19)5-3-10-21-14-12-20(2)13-15-21;14-13-8-6-12(7-9-13)10-11-4-2-1-3-5-11/h6-9,24H,3-5,10-16H2,1-2H3;1-9H,10H2. The second-order valence-electron chi connectivity index (χ2n) is 10.0. The highest BCUT2D eigenvalue weighted by molar-refractivity contribution is 6.30. The second kappa shape index (κ2) is 16.9. The van der Waals surface area contributed by atoms with Gasteiger partial charge in [-0.15, -0.1) is 0 Å². The summed E-state index contributed by atoms with van der Waals surface area (Å²) in [6.45, 7) is 7.98. The van der Waals surface area contributed by atoms with E-state index in [9.17, 15) is 10.0 Å². The van der Waals surface area contributed by atoms with Crippen LogP contribution in [0.25, 0.3) is 0 Å². The molecular formula is C32H42ClN3O3. The summed E-state index contributed by atoms with van der Waals surface area (Å²) < 4.78 is 5.64. The summed E-state index contributed by atoms with van der Waals surface area (Å²) in [6.07, 6.45) is 3.84. The van der Waals surface area contributed by atoms with E-state index in [4.69, 9.17) is 16.3 Å². The number of hydroxylamine groups is 2. The van der Waals surface area contributed by atoms with E-state index in [0.29, 0.717) is 24.6 Å². The SMILES string of the molecule is CC(=O)N(O)CCCOc1ccc(CCCN2CCN(C)CC2)cc1.Clc1ccc(Cc2ccccc2)cc1. The number of aryl methyl sites for hydroxylation is 1. The predicted molar refractivity (Wildman–Crippen MR) is 159 cm³/mol. The van der Waals surface area contributed by atoms with Crippen LogP contribution in [-0.2, 0) is 17.6 Å². The lowest BCUT2D eigenvalue weighted by Crippen LogP contribution is -2.44. The molecule has 4 rings (SSSR count). The molecule has 0 spiro atoms. The Hall–Kier alpha value is -2.90. The van der Waals surface area contributed by atoms with Gasteiger partial charge < -0.3 is 14.5 Å². The first-order valence-corrected chi connectivity index (χ1v) is 14.1. The molecule has 0 aromatic heterocycles. The Bertz CT molecular complexity index is 1090. The van der Waals surface area contributed by atoms with E-state index in [1.807, 2.05) is 30.3 Å². The number of likely N-dealkylation sites (N-methyl/N-ethyl adjacent to an activating group) is 1. The van der Waals surface area contributed by atoms with Gasteiger partial charge in [0.25, 0.3) is 0 Å². The molecule has 0 saturated carbocycles. The summed E-state index contributed by atoms with van der Waals surface area (Å²) in [4.78, 5) is 15.8. The van der Waals surface area contributed by atoms with Crippen LogP contribution in [0, 0.1) is 0 Å². The van der Waals surface area contributed by atoms with Gasteiger partial charge in [-0.25, -0.2) is 5.06 Å². The van der Waals surface area contributed by atoms with E-state index < -0.39 is 0 Å². The minimum atomic E-state index is -0.346. The number of benzene rings is 3. The third kappa shape index (κ3) is 12.2. The Kier molecular flexibility index (Phi) is 13.3. The van der Waals surface area contributed by atoms with Crippen molar-refractivity contribution in [1.29, 1.82) is 0 Å². The average molecular weight is 552 g/mol. The Morgan fingerprint density at radius 2 is 1.49 bits per heavy atom. The highest BCUT2D eigenvalue weighted by Gasteiger charge is 2.12. The summed E-state index contributed by atoms with van der Waals surface area (Å²) >= 11 is 5.81. The van der Waals surface area contributed by atoms with Crippen LogP contribution >= 0.6 is 11.6 Å². The van der Waals surface area contributed by atoms with Crippen molar-refractivity contribution in [2.45, 2.75) is 32.6 Å². The van der Waals surface area contributed by atoms with Gasteiger partial charge in [-0.1, -0.05) is 66.2 Å². The number of halogens is 1.